The number of hydrogen-bond acceptors (Lipinski definition) is 4. The molecule has 2 heterocycles. The number of aromatic amines is 1. The number of carbonyl (C=O) groups is 1. The maximum atomic E-state index is 12.5. The summed E-state index contributed by atoms with van der Waals surface area (Å²) in [4.78, 5) is 15.7. The number of nitrogens with one attached hydrogen (secondary N) is 2. The average molecular weight is 464 g/mol. The molecule has 1 amide bonds. The number of nitrogens with two attached hydrogens (primary N) is 1. The molecule has 0 spiro atoms. The lowest BCUT2D eigenvalue weighted by atomic mass is 10.1. The summed E-state index contributed by atoms with van der Waals surface area (Å²) >= 11 is 0. The van der Waals surface area contributed by atoms with Crippen LogP contribution in [0.4, 0.5) is 5.69 Å². The van der Waals surface area contributed by atoms with Gasteiger partial charge in [0.05, 0.1) is 16.3 Å². The minimum atomic E-state index is -3.75. The number of amides is 1. The molecule has 0 unspecified atom stereocenters. The number of rotatable bonds is 7. The van der Waals surface area contributed by atoms with Gasteiger partial charge in [-0.25, -0.2) is 18.2 Å². The average Bonchev–Trinajstić information content (AvgIpc) is 3.41. The summed E-state index contributed by atoms with van der Waals surface area (Å²) in [7, 11) is -3.75. The number of primary sulfonamides is 1. The lowest BCUT2D eigenvalue weighted by Crippen LogP contribution is -2.13. The Morgan fingerprint density at radius 2 is 1.76 bits per heavy atom. The first-order valence-electron chi connectivity index (χ1n) is 10.4. The molecule has 33 heavy (non-hydrogen) atoms. The highest BCUT2D eigenvalue weighted by atomic mass is 32.2. The van der Waals surface area contributed by atoms with Crippen molar-refractivity contribution in [3.05, 3.63) is 83.8 Å². The minimum absolute atomic E-state index is 0.0469. The normalized spacial score (nSPS) is 11.5. The molecule has 0 aliphatic heterocycles. The topological polar surface area (TPSA) is 123 Å². The van der Waals surface area contributed by atoms with E-state index < -0.39 is 10.0 Å². The predicted octanol–water partition coefficient (Wildman–Crippen LogP) is 3.70. The fourth-order valence-electron chi connectivity index (χ4n) is 3.77. The van der Waals surface area contributed by atoms with E-state index in [0.29, 0.717) is 12.8 Å². The van der Waals surface area contributed by atoms with E-state index in [9.17, 15) is 13.2 Å². The van der Waals surface area contributed by atoms with Crippen molar-refractivity contribution in [2.75, 3.05) is 5.32 Å². The van der Waals surface area contributed by atoms with E-state index in [4.69, 9.17) is 5.14 Å². The molecule has 9 heteroatoms. The Labute approximate surface area is 192 Å². The number of anilines is 1. The highest BCUT2D eigenvalue weighted by Gasteiger charge is 2.15. The highest BCUT2D eigenvalue weighted by Crippen LogP contribution is 2.22. The van der Waals surface area contributed by atoms with Gasteiger partial charge in [0.25, 0.3) is 0 Å². The largest absolute Gasteiger partial charge is 0.361 e. The first-order valence-corrected chi connectivity index (χ1v) is 12.0. The van der Waals surface area contributed by atoms with Crippen molar-refractivity contribution < 1.29 is 13.2 Å². The van der Waals surface area contributed by atoms with Gasteiger partial charge in [-0.1, -0.05) is 12.1 Å². The molecule has 8 nitrogen and oxygen atoms in total. The van der Waals surface area contributed by atoms with Gasteiger partial charge < -0.3 is 10.3 Å². The maximum absolute atomic E-state index is 12.5. The van der Waals surface area contributed by atoms with Gasteiger partial charge in [-0.3, -0.25) is 4.79 Å². The molecule has 0 aliphatic carbocycles. The predicted molar refractivity (Wildman–Crippen MR) is 128 cm³/mol. The van der Waals surface area contributed by atoms with Gasteiger partial charge in [-0.05, 0) is 79.9 Å². The van der Waals surface area contributed by atoms with Gasteiger partial charge in [-0.2, -0.15) is 5.10 Å². The Morgan fingerprint density at radius 3 is 2.36 bits per heavy atom. The van der Waals surface area contributed by atoms with Gasteiger partial charge in [0, 0.05) is 29.7 Å². The number of aryl methyl sites for hydroxylation is 1. The van der Waals surface area contributed by atoms with E-state index in [1.54, 1.807) is 16.8 Å². The molecule has 2 aromatic carbocycles. The Balaban J connectivity index is 1.41. The molecule has 4 rings (SSSR count). The molecule has 0 radical (unpaired) electrons. The van der Waals surface area contributed by atoms with Gasteiger partial charge in [0.2, 0.25) is 15.9 Å². The number of H-pyrrole nitrogens is 1. The number of hydrogen-bond donors (Lipinski definition) is 3. The Bertz CT molecular complexity index is 1370. The van der Waals surface area contributed by atoms with Crippen molar-refractivity contribution in [2.24, 2.45) is 5.14 Å². The summed E-state index contributed by atoms with van der Waals surface area (Å²) in [5.74, 6) is -0.0771. The SMILES string of the molecule is Cc1nn(-c2ccc(S(N)(=O)=O)cc2)c(C)c1CCC(=O)Nc1ccc(-c2ccc[nH]2)cc1. The van der Waals surface area contributed by atoms with Gasteiger partial charge in [0.15, 0.2) is 0 Å². The van der Waals surface area contributed by atoms with Crippen LogP contribution in [0.15, 0.2) is 71.8 Å². The Kier molecular flexibility index (Phi) is 6.17. The van der Waals surface area contributed by atoms with Crippen LogP contribution >= 0.6 is 0 Å². The molecular weight excluding hydrogens is 438 g/mol. The Morgan fingerprint density at radius 1 is 1.06 bits per heavy atom. The fourth-order valence-corrected chi connectivity index (χ4v) is 4.29. The van der Waals surface area contributed by atoms with Crippen LogP contribution < -0.4 is 10.5 Å². The Hall–Kier alpha value is -3.69. The molecule has 0 bridgehead atoms. The highest BCUT2D eigenvalue weighted by molar-refractivity contribution is 7.89. The standard InChI is InChI=1S/C24H25N5O3S/c1-16-22(17(2)29(28-16)20-9-11-21(12-10-20)33(25,31)32)13-14-24(30)27-19-7-5-18(6-8-19)23-4-3-15-26-23/h3-12,15,26H,13-14H2,1-2H3,(H,27,30)(H2,25,31,32). The molecular formula is C24H25N5O3S. The summed E-state index contributed by atoms with van der Waals surface area (Å²) in [6, 6.07) is 17.8. The molecule has 170 valence electrons. The zero-order valence-corrected chi connectivity index (χ0v) is 19.2. The number of benzene rings is 2. The monoisotopic (exact) mass is 463 g/mol. The van der Waals surface area contributed by atoms with Crippen molar-refractivity contribution >= 4 is 21.6 Å². The van der Waals surface area contributed by atoms with Crippen molar-refractivity contribution in [3.8, 4) is 16.9 Å². The van der Waals surface area contributed by atoms with Crippen molar-refractivity contribution in [1.82, 2.24) is 14.8 Å². The van der Waals surface area contributed by atoms with Crippen LogP contribution in [0.3, 0.4) is 0 Å². The van der Waals surface area contributed by atoms with Gasteiger partial charge in [-0.15, -0.1) is 0 Å². The van der Waals surface area contributed by atoms with E-state index in [1.807, 2.05) is 56.4 Å². The first kappa shape index (κ1) is 22.5. The fraction of sp³-hybridized carbons (Fsp3) is 0.167. The summed E-state index contributed by atoms with van der Waals surface area (Å²) in [6.07, 6.45) is 2.73. The van der Waals surface area contributed by atoms with Crippen LogP contribution in [-0.2, 0) is 21.2 Å². The molecule has 0 saturated heterocycles. The molecule has 0 aliphatic rings. The second kappa shape index (κ2) is 9.05. The van der Waals surface area contributed by atoms with E-state index in [1.165, 1.54) is 12.1 Å². The van der Waals surface area contributed by atoms with Crippen LogP contribution in [0, 0.1) is 13.8 Å². The van der Waals surface area contributed by atoms with Crippen LogP contribution in [0.25, 0.3) is 16.9 Å². The van der Waals surface area contributed by atoms with Gasteiger partial charge in [0.1, 0.15) is 0 Å². The lowest BCUT2D eigenvalue weighted by Gasteiger charge is -2.08. The zero-order valence-electron chi connectivity index (χ0n) is 18.4. The maximum Gasteiger partial charge on any atom is 0.238 e. The molecule has 0 atom stereocenters. The quantitative estimate of drug-likeness (QED) is 0.387. The number of aromatic nitrogens is 3. The van der Waals surface area contributed by atoms with Gasteiger partial charge >= 0.3 is 0 Å². The summed E-state index contributed by atoms with van der Waals surface area (Å²) in [5, 5.41) is 12.7. The number of sulfonamides is 1. The van der Waals surface area contributed by atoms with Crippen LogP contribution in [0.2, 0.25) is 0 Å². The molecule has 0 saturated carbocycles. The number of carbonyl (C=O) groups excluding carboxylic acids is 1. The van der Waals surface area contributed by atoms with E-state index >= 15 is 0 Å². The third-order valence-electron chi connectivity index (χ3n) is 5.53. The van der Waals surface area contributed by atoms with E-state index in [2.05, 4.69) is 15.4 Å². The second-order valence-electron chi connectivity index (χ2n) is 7.81. The smallest absolute Gasteiger partial charge is 0.238 e. The molecule has 2 aromatic heterocycles. The summed E-state index contributed by atoms with van der Waals surface area (Å²) in [5.41, 5.74) is 6.26. The molecule has 4 aromatic rings. The second-order valence-corrected chi connectivity index (χ2v) is 9.37. The lowest BCUT2D eigenvalue weighted by molar-refractivity contribution is -0.116. The molecule has 4 N–H and O–H groups in total. The van der Waals surface area contributed by atoms with Crippen LogP contribution in [0.1, 0.15) is 23.4 Å². The third kappa shape index (κ3) is 5.05. The summed E-state index contributed by atoms with van der Waals surface area (Å²) in [6.45, 7) is 3.83. The zero-order chi connectivity index (χ0) is 23.6. The number of nitrogens with zero attached hydrogens (tertiary/aromatic N) is 2. The first-order chi connectivity index (χ1) is 15.7. The van der Waals surface area contributed by atoms with Crippen LogP contribution in [-0.4, -0.2) is 29.1 Å². The summed E-state index contributed by atoms with van der Waals surface area (Å²) < 4.78 is 24.7. The minimum Gasteiger partial charge on any atom is -0.361 e. The van der Waals surface area contributed by atoms with E-state index in [-0.39, 0.29) is 10.8 Å². The van der Waals surface area contributed by atoms with E-state index in [0.717, 1.165) is 39.6 Å². The van der Waals surface area contributed by atoms with Crippen molar-refractivity contribution in [1.29, 1.82) is 0 Å². The van der Waals surface area contributed by atoms with Crippen molar-refractivity contribution in [3.63, 3.8) is 0 Å². The van der Waals surface area contributed by atoms with Crippen LogP contribution in [0.5, 0.6) is 0 Å². The third-order valence-corrected chi connectivity index (χ3v) is 6.46. The van der Waals surface area contributed by atoms with Crippen molar-refractivity contribution in [2.45, 2.75) is 31.6 Å². The molecule has 0 fully saturated rings.